The van der Waals surface area contributed by atoms with Crippen LogP contribution < -0.4 is 15.4 Å². The van der Waals surface area contributed by atoms with Gasteiger partial charge in [0.05, 0.1) is 23.7 Å². The second-order valence-corrected chi connectivity index (χ2v) is 7.00. The Morgan fingerprint density at radius 3 is 2.59 bits per heavy atom. The van der Waals surface area contributed by atoms with E-state index in [1.165, 1.54) is 20.1 Å². The lowest BCUT2D eigenvalue weighted by atomic mass is 9.97. The number of nitrogens with one attached hydrogen (secondary N) is 2. The number of ether oxygens (including phenoxy) is 1. The summed E-state index contributed by atoms with van der Waals surface area (Å²) in [5.74, 6) is -0.0809. The SMILES string of the molecule is COc1ccccc1C(=O)c1ccc(NC2(O)C=CC=CC2NC(C)=O)cc1Cl. The highest BCUT2D eigenvalue weighted by molar-refractivity contribution is 6.35. The molecule has 0 saturated heterocycles. The third-order valence-electron chi connectivity index (χ3n) is 4.51. The first kappa shape index (κ1) is 20.6. The van der Waals surface area contributed by atoms with Gasteiger partial charge in [-0.15, -0.1) is 0 Å². The number of anilines is 1. The van der Waals surface area contributed by atoms with E-state index in [1.807, 2.05) is 0 Å². The molecule has 0 saturated carbocycles. The smallest absolute Gasteiger partial charge is 0.217 e. The lowest BCUT2D eigenvalue weighted by molar-refractivity contribution is -0.120. The quantitative estimate of drug-likeness (QED) is 0.500. The van der Waals surface area contributed by atoms with Crippen molar-refractivity contribution < 1.29 is 19.4 Å². The van der Waals surface area contributed by atoms with Gasteiger partial charge in [0.25, 0.3) is 0 Å². The molecule has 7 heteroatoms. The summed E-state index contributed by atoms with van der Waals surface area (Å²) in [5.41, 5.74) is -0.337. The Labute approximate surface area is 173 Å². The van der Waals surface area contributed by atoms with Crippen LogP contribution in [0.3, 0.4) is 0 Å². The molecule has 0 aromatic heterocycles. The maximum atomic E-state index is 12.9. The molecule has 2 atom stereocenters. The van der Waals surface area contributed by atoms with Gasteiger partial charge in [0.15, 0.2) is 11.5 Å². The number of hydrogen-bond donors (Lipinski definition) is 3. The number of aliphatic hydroxyl groups is 1. The Kier molecular flexibility index (Phi) is 6.06. The number of halogens is 1. The molecule has 0 radical (unpaired) electrons. The standard InChI is InChI=1S/C22H21ClN2O4/c1-14(26)24-20-9-5-6-12-22(20,28)25-15-10-11-16(18(23)13-15)21(27)17-7-3-4-8-19(17)29-2/h3-13,20,25,28H,1-2H3,(H,24,26). The van der Waals surface area contributed by atoms with E-state index < -0.39 is 11.8 Å². The third-order valence-corrected chi connectivity index (χ3v) is 4.82. The Balaban J connectivity index is 1.86. The van der Waals surface area contributed by atoms with Crippen LogP contribution in [0.4, 0.5) is 5.69 Å². The second-order valence-electron chi connectivity index (χ2n) is 6.60. The zero-order valence-electron chi connectivity index (χ0n) is 16.0. The number of methoxy groups -OCH3 is 1. The van der Waals surface area contributed by atoms with Crippen LogP contribution in [0.2, 0.25) is 5.02 Å². The number of ketones is 1. The zero-order valence-corrected chi connectivity index (χ0v) is 16.7. The van der Waals surface area contributed by atoms with Crippen LogP contribution in [0.5, 0.6) is 5.75 Å². The van der Waals surface area contributed by atoms with Gasteiger partial charge in [-0.3, -0.25) is 9.59 Å². The zero-order chi connectivity index (χ0) is 21.0. The number of benzene rings is 2. The molecular formula is C22H21ClN2O4. The molecule has 0 bridgehead atoms. The topological polar surface area (TPSA) is 87.7 Å². The number of hydrogen-bond acceptors (Lipinski definition) is 5. The first-order valence-electron chi connectivity index (χ1n) is 8.95. The predicted octanol–water partition coefficient (Wildman–Crippen LogP) is 3.31. The predicted molar refractivity (Wildman–Crippen MR) is 112 cm³/mol. The van der Waals surface area contributed by atoms with E-state index in [1.54, 1.807) is 60.7 Å². The number of amides is 1. The summed E-state index contributed by atoms with van der Waals surface area (Å²) in [6.07, 6.45) is 6.62. The Hall–Kier alpha value is -3.09. The van der Waals surface area contributed by atoms with E-state index in [4.69, 9.17) is 16.3 Å². The second kappa shape index (κ2) is 8.51. The molecular weight excluding hydrogens is 392 g/mol. The van der Waals surface area contributed by atoms with Gasteiger partial charge in [0.1, 0.15) is 5.75 Å². The first-order valence-corrected chi connectivity index (χ1v) is 9.33. The number of rotatable bonds is 6. The van der Waals surface area contributed by atoms with Crippen molar-refractivity contribution in [3.63, 3.8) is 0 Å². The molecule has 2 aromatic carbocycles. The highest BCUT2D eigenvalue weighted by Crippen LogP contribution is 2.29. The van der Waals surface area contributed by atoms with Crippen molar-refractivity contribution in [2.45, 2.75) is 18.7 Å². The van der Waals surface area contributed by atoms with Gasteiger partial charge < -0.3 is 20.5 Å². The molecule has 0 fully saturated rings. The fourth-order valence-electron chi connectivity index (χ4n) is 3.11. The molecule has 2 unspecified atom stereocenters. The van der Waals surface area contributed by atoms with Crippen molar-refractivity contribution in [3.05, 3.63) is 82.9 Å². The fourth-order valence-corrected chi connectivity index (χ4v) is 3.38. The van der Waals surface area contributed by atoms with Crippen molar-refractivity contribution >= 4 is 29.0 Å². The van der Waals surface area contributed by atoms with Crippen molar-refractivity contribution in [1.29, 1.82) is 0 Å². The van der Waals surface area contributed by atoms with Crippen LogP contribution in [0.1, 0.15) is 22.8 Å². The minimum atomic E-state index is -1.54. The van der Waals surface area contributed by atoms with Gasteiger partial charge >= 0.3 is 0 Å². The summed E-state index contributed by atoms with van der Waals surface area (Å²) >= 11 is 6.37. The third kappa shape index (κ3) is 4.50. The van der Waals surface area contributed by atoms with Crippen LogP contribution in [-0.4, -0.2) is 35.7 Å². The number of allylic oxidation sites excluding steroid dienone is 2. The molecule has 2 aromatic rings. The monoisotopic (exact) mass is 412 g/mol. The lowest BCUT2D eigenvalue weighted by Gasteiger charge is -2.35. The summed E-state index contributed by atoms with van der Waals surface area (Å²) in [4.78, 5) is 24.3. The van der Waals surface area contributed by atoms with E-state index in [0.29, 0.717) is 22.6 Å². The minimum Gasteiger partial charge on any atom is -0.496 e. The highest BCUT2D eigenvalue weighted by Gasteiger charge is 2.35. The van der Waals surface area contributed by atoms with E-state index in [-0.39, 0.29) is 16.7 Å². The summed E-state index contributed by atoms with van der Waals surface area (Å²) in [7, 11) is 1.50. The molecule has 1 aliphatic rings. The molecule has 1 amide bonds. The number of para-hydroxylation sites is 1. The summed E-state index contributed by atoms with van der Waals surface area (Å²) in [6, 6.07) is 11.0. The Morgan fingerprint density at radius 2 is 1.90 bits per heavy atom. The van der Waals surface area contributed by atoms with Crippen LogP contribution in [0.15, 0.2) is 66.8 Å². The normalized spacial score (nSPS) is 20.2. The fraction of sp³-hybridized carbons (Fsp3) is 0.182. The van der Waals surface area contributed by atoms with Crippen LogP contribution in [-0.2, 0) is 4.79 Å². The van der Waals surface area contributed by atoms with Crippen LogP contribution >= 0.6 is 11.6 Å². The lowest BCUT2D eigenvalue weighted by Crippen LogP contribution is -2.55. The van der Waals surface area contributed by atoms with Crippen molar-refractivity contribution in [2.75, 3.05) is 12.4 Å². The number of carbonyl (C=O) groups excluding carboxylic acids is 2. The first-order chi connectivity index (χ1) is 13.8. The Morgan fingerprint density at radius 1 is 1.14 bits per heavy atom. The molecule has 1 aliphatic carbocycles. The molecule has 0 spiro atoms. The molecule has 3 rings (SSSR count). The van der Waals surface area contributed by atoms with E-state index >= 15 is 0 Å². The van der Waals surface area contributed by atoms with Crippen molar-refractivity contribution in [1.82, 2.24) is 5.32 Å². The molecule has 29 heavy (non-hydrogen) atoms. The molecule has 0 aliphatic heterocycles. The molecule has 0 heterocycles. The van der Waals surface area contributed by atoms with E-state index in [2.05, 4.69) is 10.6 Å². The maximum Gasteiger partial charge on any atom is 0.217 e. The minimum absolute atomic E-state index is 0.223. The molecule has 6 nitrogen and oxygen atoms in total. The van der Waals surface area contributed by atoms with Gasteiger partial charge in [-0.25, -0.2) is 0 Å². The summed E-state index contributed by atoms with van der Waals surface area (Å²) < 4.78 is 5.25. The molecule has 3 N–H and O–H groups in total. The number of carbonyl (C=O) groups is 2. The van der Waals surface area contributed by atoms with Crippen molar-refractivity contribution in [3.8, 4) is 5.75 Å². The average Bonchev–Trinajstić information content (AvgIpc) is 2.69. The van der Waals surface area contributed by atoms with E-state index in [0.717, 1.165) is 0 Å². The van der Waals surface area contributed by atoms with Gasteiger partial charge in [-0.2, -0.15) is 0 Å². The van der Waals surface area contributed by atoms with Gasteiger partial charge in [0.2, 0.25) is 5.91 Å². The van der Waals surface area contributed by atoms with Gasteiger partial charge in [-0.05, 0) is 36.4 Å². The van der Waals surface area contributed by atoms with E-state index in [9.17, 15) is 14.7 Å². The maximum absolute atomic E-state index is 12.9. The highest BCUT2D eigenvalue weighted by atomic mass is 35.5. The van der Waals surface area contributed by atoms with Gasteiger partial charge in [-0.1, -0.05) is 42.0 Å². The molecule has 150 valence electrons. The summed E-state index contributed by atoms with van der Waals surface area (Å²) in [6.45, 7) is 1.38. The van der Waals surface area contributed by atoms with Gasteiger partial charge in [0, 0.05) is 18.2 Å². The van der Waals surface area contributed by atoms with Crippen molar-refractivity contribution in [2.24, 2.45) is 0 Å². The Bertz CT molecular complexity index is 1000. The summed E-state index contributed by atoms with van der Waals surface area (Å²) in [5, 5.41) is 16.8. The van der Waals surface area contributed by atoms with Crippen LogP contribution in [0, 0.1) is 0 Å². The van der Waals surface area contributed by atoms with Crippen LogP contribution in [0.25, 0.3) is 0 Å². The largest absolute Gasteiger partial charge is 0.496 e. The average molecular weight is 413 g/mol.